The third kappa shape index (κ3) is 8.26. The zero-order chi connectivity index (χ0) is 27.2. The largest absolute Gasteiger partial charge is 0.489 e. The van der Waals surface area contributed by atoms with Gasteiger partial charge in [-0.05, 0) is 47.0 Å². The van der Waals surface area contributed by atoms with Gasteiger partial charge in [0.25, 0.3) is 0 Å². The second-order valence-electron chi connectivity index (χ2n) is 8.24. The summed E-state index contributed by atoms with van der Waals surface area (Å²) < 4.78 is 84.0. The molecule has 196 valence electrons. The third-order valence-electron chi connectivity index (χ3n) is 5.30. The van der Waals surface area contributed by atoms with Gasteiger partial charge in [0.2, 0.25) is 11.8 Å². The molecule has 0 aliphatic heterocycles. The van der Waals surface area contributed by atoms with Crippen molar-refractivity contribution in [2.45, 2.75) is 37.8 Å². The Labute approximate surface area is 208 Å². The van der Waals surface area contributed by atoms with Gasteiger partial charge in [-0.1, -0.05) is 42.5 Å². The normalized spacial score (nSPS) is 12.6. The van der Waals surface area contributed by atoms with E-state index >= 15 is 0 Å². The van der Waals surface area contributed by atoms with E-state index in [1.54, 1.807) is 24.3 Å². The Kier molecular flexibility index (Phi) is 8.46. The lowest BCUT2D eigenvalue weighted by molar-refractivity contribution is -0.143. The number of rotatable bonds is 9. The molecule has 3 N–H and O–H groups in total. The molecule has 3 aromatic carbocycles. The zero-order valence-electron chi connectivity index (χ0n) is 19.2. The van der Waals surface area contributed by atoms with Gasteiger partial charge in [-0.2, -0.15) is 26.3 Å². The molecule has 0 aromatic heterocycles. The Morgan fingerprint density at radius 1 is 0.784 bits per heavy atom. The summed E-state index contributed by atoms with van der Waals surface area (Å²) in [4.78, 5) is 24.3. The average molecular weight is 524 g/mol. The summed E-state index contributed by atoms with van der Waals surface area (Å²) in [6.45, 7) is 0.339. The molecule has 0 aliphatic carbocycles. The van der Waals surface area contributed by atoms with Gasteiger partial charge in [-0.25, -0.2) is 0 Å². The maximum Gasteiger partial charge on any atom is 0.416 e. The van der Waals surface area contributed by atoms with Crippen molar-refractivity contribution in [1.29, 1.82) is 0 Å². The van der Waals surface area contributed by atoms with E-state index in [-0.39, 0.29) is 12.5 Å². The molecule has 37 heavy (non-hydrogen) atoms. The summed E-state index contributed by atoms with van der Waals surface area (Å²) in [5.41, 5.74) is 3.33. The minimum absolute atomic E-state index is 0.0269. The van der Waals surface area contributed by atoms with Crippen LogP contribution in [0.25, 0.3) is 0 Å². The minimum Gasteiger partial charge on any atom is -0.489 e. The van der Waals surface area contributed by atoms with Crippen LogP contribution in [0.3, 0.4) is 0 Å². The smallest absolute Gasteiger partial charge is 0.416 e. The Morgan fingerprint density at radius 2 is 1.35 bits per heavy atom. The summed E-state index contributed by atoms with van der Waals surface area (Å²) in [6, 6.07) is 15.7. The Morgan fingerprint density at radius 3 is 1.86 bits per heavy atom. The first-order chi connectivity index (χ1) is 17.3. The van der Waals surface area contributed by atoms with Gasteiger partial charge in [0.1, 0.15) is 18.4 Å². The van der Waals surface area contributed by atoms with Crippen molar-refractivity contribution in [2.24, 2.45) is 5.73 Å². The van der Waals surface area contributed by atoms with E-state index in [0.717, 1.165) is 5.56 Å². The number of nitrogens with one attached hydrogen (secondary N) is 1. The molecular weight excluding hydrogens is 502 g/mol. The van der Waals surface area contributed by atoms with Gasteiger partial charge in [0.15, 0.2) is 0 Å². The van der Waals surface area contributed by atoms with Gasteiger partial charge in [0.05, 0.1) is 17.5 Å². The summed E-state index contributed by atoms with van der Waals surface area (Å²) >= 11 is 0. The predicted molar refractivity (Wildman–Crippen MR) is 122 cm³/mol. The molecule has 3 aromatic rings. The second-order valence-corrected chi connectivity index (χ2v) is 8.24. The van der Waals surface area contributed by atoms with E-state index in [2.05, 4.69) is 5.32 Å². The number of alkyl halides is 6. The molecule has 0 spiro atoms. The molecule has 0 unspecified atom stereocenters. The van der Waals surface area contributed by atoms with Crippen LogP contribution < -0.4 is 15.8 Å². The molecule has 2 amide bonds. The highest BCUT2D eigenvalue weighted by Gasteiger charge is 2.37. The van der Waals surface area contributed by atoms with E-state index in [1.807, 2.05) is 30.3 Å². The lowest BCUT2D eigenvalue weighted by Crippen LogP contribution is -2.46. The highest BCUT2D eigenvalue weighted by atomic mass is 19.4. The first kappa shape index (κ1) is 27.6. The first-order valence-electron chi connectivity index (χ1n) is 10.9. The fourth-order valence-corrected chi connectivity index (χ4v) is 3.47. The van der Waals surface area contributed by atoms with Crippen LogP contribution in [0.15, 0.2) is 72.8 Å². The fourth-order valence-electron chi connectivity index (χ4n) is 3.47. The van der Waals surface area contributed by atoms with Crippen LogP contribution in [-0.4, -0.2) is 17.9 Å². The topological polar surface area (TPSA) is 81.4 Å². The van der Waals surface area contributed by atoms with E-state index in [1.165, 1.54) is 0 Å². The van der Waals surface area contributed by atoms with Gasteiger partial charge in [0, 0.05) is 6.42 Å². The van der Waals surface area contributed by atoms with Crippen molar-refractivity contribution in [3.05, 3.63) is 101 Å². The summed E-state index contributed by atoms with van der Waals surface area (Å²) in [5.74, 6) is -1.32. The number of hydrogen-bond donors (Lipinski definition) is 2. The van der Waals surface area contributed by atoms with Crippen molar-refractivity contribution in [1.82, 2.24) is 5.32 Å². The maximum atomic E-state index is 13.1. The number of carbonyl (C=O) groups is 2. The van der Waals surface area contributed by atoms with Crippen molar-refractivity contribution in [3.63, 3.8) is 0 Å². The summed E-state index contributed by atoms with van der Waals surface area (Å²) in [6.07, 6.45) is -10.9. The molecule has 0 radical (unpaired) electrons. The molecule has 5 nitrogen and oxygen atoms in total. The van der Waals surface area contributed by atoms with Gasteiger partial charge in [-0.15, -0.1) is 0 Å². The van der Waals surface area contributed by atoms with Gasteiger partial charge < -0.3 is 15.8 Å². The standard InChI is InChI=1S/C26H22F6N2O3/c27-25(28,29)19-10-18(11-20(14-19)26(30,31)32)13-23(35)34-22(24(33)36)12-16-6-8-21(9-7-16)37-15-17-4-2-1-3-5-17/h1-11,14,22H,12-13,15H2,(H2,33,36)(H,34,35)/t22-/m1/s1. The molecule has 3 rings (SSSR count). The van der Waals surface area contributed by atoms with E-state index in [9.17, 15) is 35.9 Å². The number of nitrogens with two attached hydrogens (primary N) is 1. The van der Waals surface area contributed by atoms with Crippen LogP contribution >= 0.6 is 0 Å². The van der Waals surface area contributed by atoms with Crippen molar-refractivity contribution >= 4 is 11.8 Å². The van der Waals surface area contributed by atoms with Gasteiger partial charge >= 0.3 is 12.4 Å². The number of ether oxygens (including phenoxy) is 1. The molecule has 1 atom stereocenters. The fraction of sp³-hybridized carbons (Fsp3) is 0.231. The number of amides is 2. The predicted octanol–water partition coefficient (Wildman–Crippen LogP) is 5.06. The second kappa shape index (κ2) is 11.4. The quantitative estimate of drug-likeness (QED) is 0.384. The first-order valence-corrected chi connectivity index (χ1v) is 10.9. The van der Waals surface area contributed by atoms with E-state index in [4.69, 9.17) is 10.5 Å². The molecule has 11 heteroatoms. The number of hydrogen-bond acceptors (Lipinski definition) is 3. The minimum atomic E-state index is -5.04. The SMILES string of the molecule is NC(=O)[C@@H](Cc1ccc(OCc2ccccc2)cc1)NC(=O)Cc1cc(C(F)(F)F)cc(C(F)(F)F)c1. The molecule has 0 fully saturated rings. The summed E-state index contributed by atoms with van der Waals surface area (Å²) in [7, 11) is 0. The third-order valence-corrected chi connectivity index (χ3v) is 5.30. The molecule has 0 heterocycles. The highest BCUT2D eigenvalue weighted by molar-refractivity contribution is 5.87. The molecule has 0 saturated carbocycles. The maximum absolute atomic E-state index is 13.1. The number of primary amides is 1. The molecular formula is C26H22F6N2O3. The zero-order valence-corrected chi connectivity index (χ0v) is 19.2. The average Bonchev–Trinajstić information content (AvgIpc) is 2.82. The number of halogens is 6. The Balaban J connectivity index is 1.65. The lowest BCUT2D eigenvalue weighted by Gasteiger charge is -2.17. The van der Waals surface area contributed by atoms with Crippen LogP contribution in [0, 0.1) is 0 Å². The Hall–Kier alpha value is -4.02. The van der Waals surface area contributed by atoms with Crippen LogP contribution in [0.4, 0.5) is 26.3 Å². The van der Waals surface area contributed by atoms with Crippen LogP contribution in [0.5, 0.6) is 5.75 Å². The van der Waals surface area contributed by atoms with E-state index < -0.39 is 53.3 Å². The number of benzene rings is 3. The highest BCUT2D eigenvalue weighted by Crippen LogP contribution is 2.36. The molecule has 0 bridgehead atoms. The lowest BCUT2D eigenvalue weighted by atomic mass is 10.0. The van der Waals surface area contributed by atoms with Crippen LogP contribution in [-0.2, 0) is 41.4 Å². The number of carbonyl (C=O) groups excluding carboxylic acids is 2. The van der Waals surface area contributed by atoms with Crippen LogP contribution in [0.1, 0.15) is 27.8 Å². The van der Waals surface area contributed by atoms with E-state index in [0.29, 0.717) is 30.1 Å². The van der Waals surface area contributed by atoms with Gasteiger partial charge in [-0.3, -0.25) is 9.59 Å². The summed E-state index contributed by atoms with van der Waals surface area (Å²) in [5, 5.41) is 2.28. The van der Waals surface area contributed by atoms with Crippen LogP contribution in [0.2, 0.25) is 0 Å². The molecule has 0 saturated heterocycles. The Bertz CT molecular complexity index is 1190. The van der Waals surface area contributed by atoms with Crippen molar-refractivity contribution < 1.29 is 40.7 Å². The van der Waals surface area contributed by atoms with Crippen molar-refractivity contribution in [2.75, 3.05) is 0 Å². The molecule has 0 aliphatic rings. The van der Waals surface area contributed by atoms with Crippen molar-refractivity contribution in [3.8, 4) is 5.75 Å². The monoisotopic (exact) mass is 524 g/mol.